The van der Waals surface area contributed by atoms with Crippen molar-refractivity contribution in [1.29, 1.82) is 5.26 Å². The quantitative estimate of drug-likeness (QED) is 0.309. The molecule has 1 fully saturated rings. The normalized spacial score (nSPS) is 20.1. The van der Waals surface area contributed by atoms with E-state index in [0.29, 0.717) is 12.1 Å². The molecule has 2 heterocycles. The van der Waals surface area contributed by atoms with Crippen LogP contribution in [0.5, 0.6) is 0 Å². The Morgan fingerprint density at radius 1 is 1.20 bits per heavy atom. The van der Waals surface area contributed by atoms with Crippen LogP contribution in [-0.4, -0.2) is 66.8 Å². The van der Waals surface area contributed by atoms with Crippen molar-refractivity contribution in [2.24, 2.45) is 0 Å². The fraction of sp³-hybridized carbons (Fsp3) is 0.440. The molecule has 1 aliphatic heterocycles. The van der Waals surface area contributed by atoms with Crippen molar-refractivity contribution in [3.63, 3.8) is 0 Å². The molecule has 15 heteroatoms. The van der Waals surface area contributed by atoms with Gasteiger partial charge in [0.25, 0.3) is 5.91 Å². The molecule has 3 atom stereocenters. The first-order chi connectivity index (χ1) is 18.4. The van der Waals surface area contributed by atoms with E-state index < -0.39 is 50.7 Å². The molecule has 3 rings (SSSR count). The van der Waals surface area contributed by atoms with Crippen molar-refractivity contribution in [1.82, 2.24) is 15.2 Å². The molecule has 2 amide bonds. The number of carbonyl (C=O) groups excluding carboxylic acids is 2. The molecule has 0 bridgehead atoms. The van der Waals surface area contributed by atoms with E-state index in [1.54, 1.807) is 13.8 Å². The van der Waals surface area contributed by atoms with Crippen LogP contribution in [0, 0.1) is 11.5 Å². The summed E-state index contributed by atoms with van der Waals surface area (Å²) in [6, 6.07) is 2.05. The number of anilines is 1. The predicted molar refractivity (Wildman–Crippen MR) is 138 cm³/mol. The molecule has 9 nitrogen and oxygen atoms in total. The largest absolute Gasteiger partial charge is 0.379 e. The van der Waals surface area contributed by atoms with Crippen LogP contribution in [0.2, 0.25) is 0 Å². The number of carbonyl (C=O) groups is 2. The number of rotatable bonds is 10. The second kappa shape index (κ2) is 10.5. The second-order valence-corrected chi connectivity index (χ2v) is 12.3. The van der Waals surface area contributed by atoms with Crippen LogP contribution in [0.25, 0.3) is 0 Å². The average Bonchev–Trinajstić information content (AvgIpc) is 3.33. The lowest BCUT2D eigenvalue weighted by molar-refractivity contribution is -0.128. The van der Waals surface area contributed by atoms with E-state index in [1.807, 2.05) is 6.19 Å². The Bertz CT molecular complexity index is 1270. The summed E-state index contributed by atoms with van der Waals surface area (Å²) in [4.78, 5) is 31.6. The lowest BCUT2D eigenvalue weighted by Gasteiger charge is -2.41. The first kappa shape index (κ1) is 31.1. The Balaban J connectivity index is 2.17. The third-order valence-electron chi connectivity index (χ3n) is 6.55. The monoisotopic (exact) mass is 591 g/mol. The van der Waals surface area contributed by atoms with E-state index >= 15 is 0 Å². The SMILES string of the molecule is COC1CC(C(=O)N(c2ccc(S(F)(F)(F)(F)F)cc2)C(C(=O)NCC(C)(C)OC)c2cccnc2)N(C#N)C1. The maximum atomic E-state index is 14.1. The highest BCUT2D eigenvalue weighted by Crippen LogP contribution is 3.02. The molecular formula is C25H30F5N5O4S. The number of nitriles is 1. The van der Waals surface area contributed by atoms with Crippen molar-refractivity contribution >= 4 is 27.7 Å². The summed E-state index contributed by atoms with van der Waals surface area (Å²) in [5, 5.41) is 12.3. The number of hydrogen-bond donors (Lipinski definition) is 1. The van der Waals surface area contributed by atoms with Gasteiger partial charge >= 0.3 is 10.2 Å². The molecular weight excluding hydrogens is 561 g/mol. The topological polar surface area (TPSA) is 108 Å². The number of halogens is 5. The molecule has 0 spiro atoms. The van der Waals surface area contributed by atoms with Gasteiger partial charge in [0.05, 0.1) is 18.2 Å². The van der Waals surface area contributed by atoms with Gasteiger partial charge in [-0.15, -0.1) is 0 Å². The zero-order valence-electron chi connectivity index (χ0n) is 22.2. The molecule has 0 aliphatic carbocycles. The number of nitrogens with zero attached hydrogens (tertiary/aromatic N) is 4. The molecule has 220 valence electrons. The molecule has 0 radical (unpaired) electrons. The van der Waals surface area contributed by atoms with Crippen molar-refractivity contribution < 1.29 is 38.5 Å². The number of amides is 2. The maximum absolute atomic E-state index is 14.1. The Hall–Kier alpha value is -3.48. The van der Waals surface area contributed by atoms with Gasteiger partial charge in [0, 0.05) is 50.8 Å². The van der Waals surface area contributed by atoms with Crippen molar-refractivity contribution in [2.75, 3.05) is 32.2 Å². The summed E-state index contributed by atoms with van der Waals surface area (Å²) in [7, 11) is -7.19. The zero-order valence-corrected chi connectivity index (χ0v) is 23.0. The highest BCUT2D eigenvalue weighted by molar-refractivity contribution is 8.45. The Kier molecular flexibility index (Phi) is 8.14. The van der Waals surface area contributed by atoms with Crippen molar-refractivity contribution in [2.45, 2.75) is 49.0 Å². The fourth-order valence-corrected chi connectivity index (χ4v) is 4.82. The van der Waals surface area contributed by atoms with Gasteiger partial charge in [-0.3, -0.25) is 24.4 Å². The molecule has 40 heavy (non-hydrogen) atoms. The molecule has 2 aromatic rings. The van der Waals surface area contributed by atoms with Gasteiger partial charge in [-0.2, -0.15) is 5.26 Å². The van der Waals surface area contributed by atoms with E-state index in [9.17, 15) is 34.3 Å². The number of likely N-dealkylation sites (tertiary alicyclic amines) is 1. The van der Waals surface area contributed by atoms with Gasteiger partial charge in [-0.05, 0) is 44.2 Å². The minimum atomic E-state index is -10.0. The van der Waals surface area contributed by atoms with Gasteiger partial charge in [0.1, 0.15) is 17.0 Å². The Morgan fingerprint density at radius 2 is 1.85 bits per heavy atom. The molecule has 0 saturated carbocycles. The number of benzene rings is 1. The number of ether oxygens (including phenoxy) is 2. The standard InChI is InChI=1S/C25H30F5N5O4S/c1-25(2,39-4)15-33-23(36)22(17-6-5-11-32-13-17)35(24(37)21-12-19(38-3)14-34(21)16-31)18-7-9-20(10-8-18)40(26,27,28,29)30/h5-11,13,19,21-22H,12,14-15H2,1-4H3,(H,33,36). The van der Waals surface area contributed by atoms with Gasteiger partial charge in [0.15, 0.2) is 6.19 Å². The minimum Gasteiger partial charge on any atom is -0.379 e. The minimum absolute atomic E-state index is 0.0101. The van der Waals surface area contributed by atoms with Gasteiger partial charge in [-0.25, -0.2) is 0 Å². The van der Waals surface area contributed by atoms with Gasteiger partial charge < -0.3 is 14.8 Å². The van der Waals surface area contributed by atoms with Crippen molar-refractivity contribution in [3.05, 3.63) is 54.4 Å². The summed E-state index contributed by atoms with van der Waals surface area (Å²) in [6.07, 6.45) is 4.14. The lowest BCUT2D eigenvalue weighted by atomic mass is 10.0. The molecule has 3 unspecified atom stereocenters. The van der Waals surface area contributed by atoms with E-state index in [0.717, 1.165) is 9.80 Å². The lowest BCUT2D eigenvalue weighted by Crippen LogP contribution is -2.51. The van der Waals surface area contributed by atoms with E-state index in [2.05, 4.69) is 10.3 Å². The Morgan fingerprint density at radius 3 is 2.35 bits per heavy atom. The second-order valence-electron chi connectivity index (χ2n) is 9.90. The molecule has 1 aromatic heterocycles. The molecule has 1 aliphatic rings. The zero-order chi connectivity index (χ0) is 30.0. The third kappa shape index (κ3) is 7.18. The predicted octanol–water partition coefficient (Wildman–Crippen LogP) is 4.92. The summed E-state index contributed by atoms with van der Waals surface area (Å²) >= 11 is 0. The molecule has 1 saturated heterocycles. The number of aromatic nitrogens is 1. The average molecular weight is 592 g/mol. The van der Waals surface area contributed by atoms with E-state index in [4.69, 9.17) is 9.47 Å². The third-order valence-corrected chi connectivity index (χ3v) is 7.72. The van der Waals surface area contributed by atoms with Crippen LogP contribution in [0.4, 0.5) is 25.1 Å². The smallest absolute Gasteiger partial charge is 0.310 e. The van der Waals surface area contributed by atoms with Crippen LogP contribution in [-0.2, 0) is 19.1 Å². The highest BCUT2D eigenvalue weighted by Gasteiger charge is 2.65. The number of pyridine rings is 1. The van der Waals surface area contributed by atoms with Crippen LogP contribution >= 0.6 is 10.2 Å². The van der Waals surface area contributed by atoms with Crippen LogP contribution in [0.1, 0.15) is 31.9 Å². The summed E-state index contributed by atoms with van der Waals surface area (Å²) < 4.78 is 77.8. The van der Waals surface area contributed by atoms with Crippen LogP contribution < -0.4 is 10.2 Å². The fourth-order valence-electron chi connectivity index (χ4n) is 4.17. The molecule has 1 aromatic carbocycles. The maximum Gasteiger partial charge on any atom is 0.310 e. The van der Waals surface area contributed by atoms with Crippen LogP contribution in [0.3, 0.4) is 0 Å². The number of nitrogens with one attached hydrogen (secondary N) is 1. The van der Waals surface area contributed by atoms with Crippen molar-refractivity contribution in [3.8, 4) is 6.19 Å². The summed E-state index contributed by atoms with van der Waals surface area (Å²) in [5.41, 5.74) is -0.906. The first-order valence-electron chi connectivity index (χ1n) is 12.0. The van der Waals surface area contributed by atoms with E-state index in [1.165, 1.54) is 38.7 Å². The number of methoxy groups -OCH3 is 2. The summed E-state index contributed by atoms with van der Waals surface area (Å²) in [5.74, 6) is -1.57. The molecule has 1 N–H and O–H groups in total. The van der Waals surface area contributed by atoms with Gasteiger partial charge in [0.2, 0.25) is 5.91 Å². The van der Waals surface area contributed by atoms with Crippen LogP contribution in [0.15, 0.2) is 53.7 Å². The van der Waals surface area contributed by atoms with E-state index in [-0.39, 0.29) is 42.9 Å². The number of hydrogen-bond acceptors (Lipinski definition) is 7. The summed E-state index contributed by atoms with van der Waals surface area (Å²) in [6.45, 7) is 3.44. The highest BCUT2D eigenvalue weighted by atomic mass is 32.5. The Labute approximate surface area is 228 Å². The van der Waals surface area contributed by atoms with Gasteiger partial charge in [-0.1, -0.05) is 25.5 Å². The first-order valence-corrected chi connectivity index (χ1v) is 13.9.